The summed E-state index contributed by atoms with van der Waals surface area (Å²) in [5, 5.41) is 16.4. The molecular weight excluding hydrogens is 440 g/mol. The van der Waals surface area contributed by atoms with Crippen LogP contribution in [0.2, 0.25) is 0 Å². The number of rotatable bonds is 5. The van der Waals surface area contributed by atoms with Gasteiger partial charge in [0.1, 0.15) is 0 Å². The Bertz CT molecular complexity index is 1430. The molecule has 0 aliphatic carbocycles. The molecule has 1 unspecified atom stereocenters. The molecule has 1 aliphatic heterocycles. The van der Waals surface area contributed by atoms with E-state index < -0.39 is 6.04 Å². The molecule has 5 rings (SSSR count). The van der Waals surface area contributed by atoms with Crippen LogP contribution >= 0.6 is 0 Å². The molecule has 4 N–H and O–H groups in total. The number of nitrogens with zero attached hydrogens (tertiary/aromatic N) is 2. The molecule has 0 saturated heterocycles. The van der Waals surface area contributed by atoms with Gasteiger partial charge >= 0.3 is 6.03 Å². The number of hydrogen-bond acceptors (Lipinski definition) is 4. The van der Waals surface area contributed by atoms with Crippen LogP contribution in [0, 0.1) is 0 Å². The second kappa shape index (κ2) is 8.98. The minimum Gasteiger partial charge on any atom is -0.378 e. The second-order valence-electron chi connectivity index (χ2n) is 8.76. The van der Waals surface area contributed by atoms with E-state index in [0.717, 1.165) is 33.3 Å². The maximum atomic E-state index is 13.3. The minimum absolute atomic E-state index is 0.286. The number of allylic oxidation sites excluding steroid dienone is 1. The van der Waals surface area contributed by atoms with E-state index in [0.29, 0.717) is 17.0 Å². The fourth-order valence-electron chi connectivity index (χ4n) is 4.28. The molecule has 0 radical (unpaired) electrons. The molecule has 0 saturated carbocycles. The smallest absolute Gasteiger partial charge is 0.319 e. The number of benzene rings is 3. The van der Waals surface area contributed by atoms with Crippen molar-refractivity contribution in [1.82, 2.24) is 20.8 Å². The van der Waals surface area contributed by atoms with Crippen molar-refractivity contribution >= 4 is 34.2 Å². The minimum atomic E-state index is -0.577. The Kier molecular flexibility index (Phi) is 5.70. The number of urea groups is 1. The number of H-pyrrole nitrogens is 1. The van der Waals surface area contributed by atoms with E-state index in [1.54, 1.807) is 13.1 Å². The van der Waals surface area contributed by atoms with E-state index in [2.05, 4.69) is 55.3 Å². The first-order valence-corrected chi connectivity index (χ1v) is 11.3. The Balaban J connectivity index is 1.41. The lowest BCUT2D eigenvalue weighted by atomic mass is 9.93. The molecule has 3 aromatic carbocycles. The van der Waals surface area contributed by atoms with Gasteiger partial charge in [0.25, 0.3) is 5.91 Å². The molecule has 1 atom stereocenters. The van der Waals surface area contributed by atoms with Crippen LogP contribution in [0.25, 0.3) is 22.0 Å². The Morgan fingerprint density at radius 1 is 0.971 bits per heavy atom. The maximum absolute atomic E-state index is 13.3. The fraction of sp³-hybridized carbons (Fsp3) is 0.148. The number of carbonyl (C=O) groups is 2. The van der Waals surface area contributed by atoms with Crippen molar-refractivity contribution in [2.45, 2.75) is 13.0 Å². The van der Waals surface area contributed by atoms with E-state index in [1.807, 2.05) is 56.6 Å². The van der Waals surface area contributed by atoms with Crippen LogP contribution < -0.4 is 20.9 Å². The zero-order chi connectivity index (χ0) is 24.5. The molecular formula is C27H26N6O2. The second-order valence-corrected chi connectivity index (χ2v) is 8.76. The number of nitrogens with one attached hydrogen (secondary N) is 4. The van der Waals surface area contributed by atoms with Gasteiger partial charge in [0, 0.05) is 36.6 Å². The highest BCUT2D eigenvalue weighted by molar-refractivity contribution is 6.07. The summed E-state index contributed by atoms with van der Waals surface area (Å²) >= 11 is 0. The van der Waals surface area contributed by atoms with Gasteiger partial charge < -0.3 is 20.9 Å². The Labute approximate surface area is 203 Å². The molecule has 1 aliphatic rings. The predicted molar refractivity (Wildman–Crippen MR) is 138 cm³/mol. The zero-order valence-electron chi connectivity index (χ0n) is 19.7. The van der Waals surface area contributed by atoms with E-state index in [-0.39, 0.29) is 11.9 Å². The van der Waals surface area contributed by atoms with Crippen LogP contribution in [0.5, 0.6) is 0 Å². The van der Waals surface area contributed by atoms with E-state index in [4.69, 9.17) is 0 Å². The largest absolute Gasteiger partial charge is 0.378 e. The van der Waals surface area contributed by atoms with Gasteiger partial charge in [-0.05, 0) is 53.9 Å². The third kappa shape index (κ3) is 4.46. The monoisotopic (exact) mass is 466 g/mol. The first-order chi connectivity index (χ1) is 16.9. The first-order valence-electron chi connectivity index (χ1n) is 11.3. The number of hydrogen-bond donors (Lipinski definition) is 4. The Morgan fingerprint density at radius 3 is 2.34 bits per heavy atom. The van der Waals surface area contributed by atoms with Crippen molar-refractivity contribution in [3.8, 4) is 11.1 Å². The molecule has 8 heteroatoms. The maximum Gasteiger partial charge on any atom is 0.319 e. The van der Waals surface area contributed by atoms with Crippen LogP contribution in [0.1, 0.15) is 18.5 Å². The molecule has 0 bridgehead atoms. The van der Waals surface area contributed by atoms with Gasteiger partial charge in [0.05, 0.1) is 23.3 Å². The molecule has 1 aromatic heterocycles. The summed E-state index contributed by atoms with van der Waals surface area (Å²) in [6, 6.07) is 20.8. The van der Waals surface area contributed by atoms with Crippen molar-refractivity contribution in [3.63, 3.8) is 0 Å². The lowest BCUT2D eigenvalue weighted by Crippen LogP contribution is -2.45. The van der Waals surface area contributed by atoms with Gasteiger partial charge in [-0.15, -0.1) is 0 Å². The highest BCUT2D eigenvalue weighted by Gasteiger charge is 2.31. The summed E-state index contributed by atoms with van der Waals surface area (Å²) < 4.78 is 0. The third-order valence-corrected chi connectivity index (χ3v) is 6.17. The summed E-state index contributed by atoms with van der Waals surface area (Å²) in [7, 11) is 4.02. The SMILES string of the molecule is CC1=C(C(=O)Nc2ccc3[nH]ncc3c2)C(c2ccc(-c3ccc(N(C)C)cc3)cc2)NC(=O)N1. The number of carbonyl (C=O) groups excluding carboxylic acids is 2. The van der Waals surface area contributed by atoms with E-state index in [9.17, 15) is 9.59 Å². The van der Waals surface area contributed by atoms with Crippen molar-refractivity contribution in [2.24, 2.45) is 0 Å². The molecule has 0 spiro atoms. The highest BCUT2D eigenvalue weighted by Crippen LogP contribution is 2.30. The van der Waals surface area contributed by atoms with E-state index >= 15 is 0 Å². The van der Waals surface area contributed by atoms with Crippen molar-refractivity contribution in [2.75, 3.05) is 24.3 Å². The molecule has 3 amide bonds. The lowest BCUT2D eigenvalue weighted by Gasteiger charge is -2.28. The molecule has 8 nitrogen and oxygen atoms in total. The van der Waals surface area contributed by atoms with Crippen LogP contribution in [0.4, 0.5) is 16.2 Å². The van der Waals surface area contributed by atoms with Crippen LogP contribution in [-0.4, -0.2) is 36.2 Å². The Hall–Kier alpha value is -4.59. The topological polar surface area (TPSA) is 102 Å². The third-order valence-electron chi connectivity index (χ3n) is 6.17. The van der Waals surface area contributed by atoms with Gasteiger partial charge in [-0.3, -0.25) is 9.89 Å². The van der Waals surface area contributed by atoms with Crippen LogP contribution in [0.3, 0.4) is 0 Å². The molecule has 4 aromatic rings. The van der Waals surface area contributed by atoms with E-state index in [1.165, 1.54) is 0 Å². The summed E-state index contributed by atoms with van der Waals surface area (Å²) in [5.74, 6) is -0.286. The van der Waals surface area contributed by atoms with Gasteiger partial charge in [0.15, 0.2) is 0 Å². The summed E-state index contributed by atoms with van der Waals surface area (Å²) in [4.78, 5) is 27.7. The van der Waals surface area contributed by atoms with Crippen molar-refractivity contribution < 1.29 is 9.59 Å². The normalized spacial score (nSPS) is 15.5. The number of anilines is 2. The standard InChI is InChI=1S/C27H26N6O2/c1-16-24(26(34)30-21-10-13-23-20(14-21)15-28-32-23)25(31-27(35)29-16)19-6-4-17(5-7-19)18-8-11-22(12-9-18)33(2)3/h4-15,25H,1-3H3,(H,28,32)(H,30,34)(H2,29,31,35). The molecule has 176 valence electrons. The number of fused-ring (bicyclic) bond motifs is 1. The average molecular weight is 467 g/mol. The van der Waals surface area contributed by atoms with Gasteiger partial charge in [-0.2, -0.15) is 5.10 Å². The first kappa shape index (κ1) is 22.2. The van der Waals surface area contributed by atoms with Gasteiger partial charge in [-0.1, -0.05) is 36.4 Å². The van der Waals surface area contributed by atoms with Crippen molar-refractivity contribution in [3.05, 3.63) is 89.8 Å². The van der Waals surface area contributed by atoms with Gasteiger partial charge in [0.2, 0.25) is 0 Å². The lowest BCUT2D eigenvalue weighted by molar-refractivity contribution is -0.113. The van der Waals surface area contributed by atoms with Gasteiger partial charge in [-0.25, -0.2) is 4.79 Å². The molecule has 2 heterocycles. The Morgan fingerprint density at radius 2 is 1.66 bits per heavy atom. The molecule has 35 heavy (non-hydrogen) atoms. The molecule has 0 fully saturated rings. The summed E-state index contributed by atoms with van der Waals surface area (Å²) in [6.45, 7) is 1.74. The zero-order valence-corrected chi connectivity index (χ0v) is 19.7. The average Bonchev–Trinajstić information content (AvgIpc) is 3.31. The number of aromatic nitrogens is 2. The number of aromatic amines is 1. The number of amides is 3. The van der Waals surface area contributed by atoms with Crippen molar-refractivity contribution in [1.29, 1.82) is 0 Å². The highest BCUT2D eigenvalue weighted by atomic mass is 16.2. The predicted octanol–water partition coefficient (Wildman–Crippen LogP) is 4.56. The quantitative estimate of drug-likeness (QED) is 0.346. The fourth-order valence-corrected chi connectivity index (χ4v) is 4.28. The van der Waals surface area contributed by atoms with Crippen LogP contribution in [0.15, 0.2) is 84.2 Å². The summed E-state index contributed by atoms with van der Waals surface area (Å²) in [6.07, 6.45) is 1.70. The summed E-state index contributed by atoms with van der Waals surface area (Å²) in [5.41, 5.74) is 6.61. The van der Waals surface area contributed by atoms with Crippen LogP contribution in [-0.2, 0) is 4.79 Å².